The summed E-state index contributed by atoms with van der Waals surface area (Å²) in [6.45, 7) is 5.24. The van der Waals surface area contributed by atoms with Crippen molar-refractivity contribution in [2.75, 3.05) is 7.05 Å². The van der Waals surface area contributed by atoms with Crippen molar-refractivity contribution in [3.05, 3.63) is 33.3 Å². The zero-order valence-corrected chi connectivity index (χ0v) is 10.6. The molecule has 1 aromatic rings. The van der Waals surface area contributed by atoms with Gasteiger partial charge >= 0.3 is 0 Å². The van der Waals surface area contributed by atoms with E-state index >= 15 is 0 Å². The molecule has 13 heavy (non-hydrogen) atoms. The summed E-state index contributed by atoms with van der Waals surface area (Å²) in [5, 5.41) is 3.17. The molecule has 0 aromatic heterocycles. The number of rotatable bonds is 2. The molecule has 0 atom stereocenters. The van der Waals surface area contributed by atoms with Crippen molar-refractivity contribution in [3.63, 3.8) is 0 Å². The third-order valence-corrected chi connectivity index (χ3v) is 2.47. The van der Waals surface area contributed by atoms with Crippen molar-refractivity contribution >= 4 is 28.3 Å². The van der Waals surface area contributed by atoms with Crippen LogP contribution in [0.25, 0.3) is 0 Å². The van der Waals surface area contributed by atoms with Gasteiger partial charge in [-0.3, -0.25) is 0 Å². The maximum Gasteiger partial charge on any atom is 0.0207 e. The Morgan fingerprint density at radius 1 is 1.23 bits per heavy atom. The van der Waals surface area contributed by atoms with E-state index in [1.807, 2.05) is 7.05 Å². The van der Waals surface area contributed by atoms with E-state index in [4.69, 9.17) is 0 Å². The van der Waals surface area contributed by atoms with Crippen molar-refractivity contribution in [2.24, 2.45) is 0 Å². The van der Waals surface area contributed by atoms with Crippen molar-refractivity contribution in [1.82, 2.24) is 5.32 Å². The molecule has 0 radical (unpaired) electrons. The van der Waals surface area contributed by atoms with Gasteiger partial charge in [0.15, 0.2) is 0 Å². The van der Waals surface area contributed by atoms with Crippen LogP contribution in [0.1, 0.15) is 16.7 Å². The smallest absolute Gasteiger partial charge is 0.0207 e. The zero-order valence-electron chi connectivity index (χ0n) is 8.15. The fraction of sp³-hybridized carbons (Fsp3) is 0.400. The van der Waals surface area contributed by atoms with Gasteiger partial charge in [0.25, 0.3) is 0 Å². The second-order valence-corrected chi connectivity index (χ2v) is 3.96. The average Bonchev–Trinajstić information content (AvgIpc) is 1.96. The SMILES string of the molecule is CNCc1c(C)cc(Br)cc1C.Cl. The number of hydrogen-bond donors (Lipinski definition) is 1. The van der Waals surface area contributed by atoms with Crippen molar-refractivity contribution in [3.8, 4) is 0 Å². The van der Waals surface area contributed by atoms with E-state index in [1.165, 1.54) is 16.7 Å². The van der Waals surface area contributed by atoms with Gasteiger partial charge in [-0.05, 0) is 49.7 Å². The lowest BCUT2D eigenvalue weighted by molar-refractivity contribution is 0.805. The van der Waals surface area contributed by atoms with Gasteiger partial charge < -0.3 is 5.32 Å². The third-order valence-electron chi connectivity index (χ3n) is 2.01. The highest BCUT2D eigenvalue weighted by atomic mass is 79.9. The lowest BCUT2D eigenvalue weighted by atomic mass is 10.0. The molecule has 0 spiro atoms. The molecule has 3 heteroatoms. The summed E-state index contributed by atoms with van der Waals surface area (Å²) >= 11 is 3.48. The predicted octanol–water partition coefficient (Wildman–Crippen LogP) is 3.21. The highest BCUT2D eigenvalue weighted by Crippen LogP contribution is 2.20. The minimum absolute atomic E-state index is 0. The molecule has 0 heterocycles. The van der Waals surface area contributed by atoms with Crippen LogP contribution in [-0.4, -0.2) is 7.05 Å². The maximum absolute atomic E-state index is 3.48. The highest BCUT2D eigenvalue weighted by molar-refractivity contribution is 9.10. The average molecular weight is 265 g/mol. The van der Waals surface area contributed by atoms with E-state index < -0.39 is 0 Å². The predicted molar refractivity (Wildman–Crippen MR) is 63.6 cm³/mol. The minimum atomic E-state index is 0. The lowest BCUT2D eigenvalue weighted by Crippen LogP contribution is -2.08. The number of benzene rings is 1. The molecular weight excluding hydrogens is 249 g/mol. The summed E-state index contributed by atoms with van der Waals surface area (Å²) < 4.78 is 1.16. The first-order valence-corrected chi connectivity index (χ1v) is 4.84. The van der Waals surface area contributed by atoms with Crippen LogP contribution in [0, 0.1) is 13.8 Å². The molecule has 1 nitrogen and oxygen atoms in total. The van der Waals surface area contributed by atoms with Crippen LogP contribution in [0.15, 0.2) is 16.6 Å². The molecule has 74 valence electrons. The van der Waals surface area contributed by atoms with Crippen LogP contribution in [0.2, 0.25) is 0 Å². The largest absolute Gasteiger partial charge is 0.316 e. The van der Waals surface area contributed by atoms with E-state index in [9.17, 15) is 0 Å². The summed E-state index contributed by atoms with van der Waals surface area (Å²) in [6.07, 6.45) is 0. The number of halogens is 2. The Bertz CT molecular complexity index is 263. The first kappa shape index (κ1) is 12.9. The Kier molecular flexibility index (Phi) is 5.61. The summed E-state index contributed by atoms with van der Waals surface area (Å²) in [4.78, 5) is 0. The summed E-state index contributed by atoms with van der Waals surface area (Å²) in [5.41, 5.74) is 4.09. The molecule has 0 amide bonds. The molecule has 1 rings (SSSR count). The van der Waals surface area contributed by atoms with E-state index in [-0.39, 0.29) is 12.4 Å². The Morgan fingerprint density at radius 3 is 2.08 bits per heavy atom. The Balaban J connectivity index is 0.00000144. The van der Waals surface area contributed by atoms with Crippen LogP contribution < -0.4 is 5.32 Å². The summed E-state index contributed by atoms with van der Waals surface area (Å²) in [5.74, 6) is 0. The molecule has 0 unspecified atom stereocenters. The molecule has 0 aliphatic rings. The fourth-order valence-electron chi connectivity index (χ4n) is 1.40. The Morgan fingerprint density at radius 2 is 1.69 bits per heavy atom. The van der Waals surface area contributed by atoms with Gasteiger partial charge in [0, 0.05) is 11.0 Å². The van der Waals surface area contributed by atoms with Crippen molar-refractivity contribution in [2.45, 2.75) is 20.4 Å². The molecule has 0 bridgehead atoms. The van der Waals surface area contributed by atoms with Gasteiger partial charge in [0.1, 0.15) is 0 Å². The quantitative estimate of drug-likeness (QED) is 0.865. The van der Waals surface area contributed by atoms with Gasteiger partial charge in [-0.25, -0.2) is 0 Å². The van der Waals surface area contributed by atoms with E-state index in [1.54, 1.807) is 0 Å². The Hall–Kier alpha value is -0.0500. The number of hydrogen-bond acceptors (Lipinski definition) is 1. The first-order chi connectivity index (χ1) is 5.65. The zero-order chi connectivity index (χ0) is 9.14. The van der Waals surface area contributed by atoms with Crippen LogP contribution in [0.4, 0.5) is 0 Å². The molecule has 0 saturated heterocycles. The summed E-state index contributed by atoms with van der Waals surface area (Å²) in [7, 11) is 1.97. The monoisotopic (exact) mass is 263 g/mol. The second-order valence-electron chi connectivity index (χ2n) is 3.05. The number of nitrogens with one attached hydrogen (secondary N) is 1. The molecule has 0 aliphatic carbocycles. The third kappa shape index (κ3) is 3.29. The molecule has 1 aromatic carbocycles. The summed E-state index contributed by atoms with van der Waals surface area (Å²) in [6, 6.07) is 4.30. The highest BCUT2D eigenvalue weighted by Gasteiger charge is 2.02. The Labute approximate surface area is 94.5 Å². The van der Waals surface area contributed by atoms with Gasteiger partial charge in [-0.15, -0.1) is 12.4 Å². The second kappa shape index (κ2) is 5.63. The van der Waals surface area contributed by atoms with Crippen LogP contribution in [-0.2, 0) is 6.54 Å². The van der Waals surface area contributed by atoms with E-state index in [0.717, 1.165) is 11.0 Å². The molecule has 0 fully saturated rings. The van der Waals surface area contributed by atoms with Gasteiger partial charge in [0.05, 0.1) is 0 Å². The standard InChI is InChI=1S/C10H14BrN.ClH/c1-7-4-9(11)5-8(2)10(7)6-12-3;/h4-5,12H,6H2,1-3H3;1H. The van der Waals surface area contributed by atoms with Gasteiger partial charge in [0.2, 0.25) is 0 Å². The van der Waals surface area contributed by atoms with Gasteiger partial charge in [-0.1, -0.05) is 15.9 Å². The van der Waals surface area contributed by atoms with Crippen molar-refractivity contribution in [1.29, 1.82) is 0 Å². The molecule has 0 saturated carbocycles. The maximum atomic E-state index is 3.48. The van der Waals surface area contributed by atoms with Gasteiger partial charge in [-0.2, -0.15) is 0 Å². The molecule has 0 aliphatic heterocycles. The van der Waals surface area contributed by atoms with Crippen LogP contribution in [0.3, 0.4) is 0 Å². The van der Waals surface area contributed by atoms with E-state index in [0.29, 0.717) is 0 Å². The van der Waals surface area contributed by atoms with Crippen molar-refractivity contribution < 1.29 is 0 Å². The molecular formula is C10H15BrClN. The normalized spacial score (nSPS) is 9.54. The fourth-order valence-corrected chi connectivity index (χ4v) is 2.08. The van der Waals surface area contributed by atoms with Crippen LogP contribution >= 0.6 is 28.3 Å². The topological polar surface area (TPSA) is 12.0 Å². The number of aryl methyl sites for hydroxylation is 2. The molecule has 1 N–H and O–H groups in total. The minimum Gasteiger partial charge on any atom is -0.316 e. The first-order valence-electron chi connectivity index (χ1n) is 4.05. The van der Waals surface area contributed by atoms with Crippen LogP contribution in [0.5, 0.6) is 0 Å². The van der Waals surface area contributed by atoms with E-state index in [2.05, 4.69) is 47.2 Å². The lowest BCUT2D eigenvalue weighted by Gasteiger charge is -2.09.